The summed E-state index contributed by atoms with van der Waals surface area (Å²) in [6.07, 6.45) is 13.4. The maximum atomic E-state index is 3.48. The van der Waals surface area contributed by atoms with E-state index in [4.69, 9.17) is 0 Å². The molecule has 0 fully saturated rings. The molecule has 0 aliphatic rings. The van der Waals surface area contributed by atoms with E-state index in [1.165, 1.54) is 80.7 Å². The monoisotopic (exact) mass is 324 g/mol. The summed E-state index contributed by atoms with van der Waals surface area (Å²) in [5.74, 6) is 0. The predicted molar refractivity (Wildman–Crippen MR) is 90.3 cm³/mol. The topological polar surface area (TPSA) is 0 Å². The Balaban J connectivity index is 2.02. The number of rotatable bonds is 11. The van der Waals surface area contributed by atoms with E-state index in [1.807, 2.05) is 0 Å². The van der Waals surface area contributed by atoms with Gasteiger partial charge in [-0.15, -0.1) is 0 Å². The Hall–Kier alpha value is -0.300. The van der Waals surface area contributed by atoms with E-state index < -0.39 is 0 Å². The van der Waals surface area contributed by atoms with Crippen molar-refractivity contribution in [2.75, 3.05) is 5.33 Å². The van der Waals surface area contributed by atoms with Gasteiger partial charge in [0, 0.05) is 5.33 Å². The maximum Gasteiger partial charge on any atom is 0.00313 e. The molecule has 0 aliphatic carbocycles. The molecule has 19 heavy (non-hydrogen) atoms. The average molecular weight is 325 g/mol. The van der Waals surface area contributed by atoms with Gasteiger partial charge < -0.3 is 0 Å². The minimum atomic E-state index is 1.17. The van der Waals surface area contributed by atoms with Gasteiger partial charge in [0.05, 0.1) is 0 Å². The lowest BCUT2D eigenvalue weighted by molar-refractivity contribution is 0.591. The van der Waals surface area contributed by atoms with Crippen LogP contribution in [0.2, 0.25) is 0 Å². The lowest BCUT2D eigenvalue weighted by Gasteiger charge is -2.04. The maximum absolute atomic E-state index is 3.48. The first kappa shape index (κ1) is 16.8. The second kappa shape index (κ2) is 11.5. The first-order valence-corrected chi connectivity index (χ1v) is 9.12. The number of benzene rings is 1. The molecule has 0 saturated heterocycles. The van der Waals surface area contributed by atoms with Crippen LogP contribution < -0.4 is 0 Å². The van der Waals surface area contributed by atoms with E-state index >= 15 is 0 Å². The van der Waals surface area contributed by atoms with Crippen LogP contribution in [0.25, 0.3) is 0 Å². The van der Waals surface area contributed by atoms with Crippen LogP contribution in [0, 0.1) is 0 Å². The molecule has 0 nitrogen and oxygen atoms in total. The molecule has 0 bridgehead atoms. The summed E-state index contributed by atoms with van der Waals surface area (Å²) < 4.78 is 0. The summed E-state index contributed by atoms with van der Waals surface area (Å²) >= 11 is 3.48. The molecule has 0 N–H and O–H groups in total. The van der Waals surface area contributed by atoms with Crippen molar-refractivity contribution >= 4 is 15.9 Å². The van der Waals surface area contributed by atoms with Gasteiger partial charge in [-0.1, -0.05) is 85.6 Å². The standard InChI is InChI=1S/C18H29Br/c1-2-10-17-12-14-18(15-13-17)11-8-6-4-3-5-7-9-16-19/h12-15H,2-11,16H2,1H3. The van der Waals surface area contributed by atoms with Crippen molar-refractivity contribution in [1.29, 1.82) is 0 Å². The molecule has 0 aliphatic heterocycles. The van der Waals surface area contributed by atoms with Crippen LogP contribution in [0.15, 0.2) is 24.3 Å². The minimum absolute atomic E-state index is 1.17. The third kappa shape index (κ3) is 8.47. The molecule has 1 rings (SSSR count). The Bertz CT molecular complexity index is 302. The molecule has 1 aromatic carbocycles. The lowest BCUT2D eigenvalue weighted by atomic mass is 10.0. The molecule has 0 spiro atoms. The smallest absolute Gasteiger partial charge is 0.00313 e. The predicted octanol–water partition coefficient (Wildman–Crippen LogP) is 6.31. The molecule has 1 aromatic rings. The van der Waals surface area contributed by atoms with Gasteiger partial charge in [-0.2, -0.15) is 0 Å². The van der Waals surface area contributed by atoms with Crippen LogP contribution in [0.4, 0.5) is 0 Å². The van der Waals surface area contributed by atoms with Gasteiger partial charge in [0.15, 0.2) is 0 Å². The second-order valence-electron chi connectivity index (χ2n) is 5.48. The van der Waals surface area contributed by atoms with Gasteiger partial charge in [-0.25, -0.2) is 0 Å². The van der Waals surface area contributed by atoms with Gasteiger partial charge in [0.1, 0.15) is 0 Å². The van der Waals surface area contributed by atoms with Gasteiger partial charge in [-0.3, -0.25) is 0 Å². The van der Waals surface area contributed by atoms with Gasteiger partial charge in [-0.05, 0) is 36.8 Å². The van der Waals surface area contributed by atoms with Gasteiger partial charge in [0.25, 0.3) is 0 Å². The summed E-state index contributed by atoms with van der Waals surface area (Å²) in [5, 5.41) is 1.17. The van der Waals surface area contributed by atoms with E-state index in [1.54, 1.807) is 0 Å². The molecule has 0 radical (unpaired) electrons. The number of halogens is 1. The molecule has 0 atom stereocenters. The zero-order chi connectivity index (χ0) is 13.8. The van der Waals surface area contributed by atoms with Crippen LogP contribution >= 0.6 is 15.9 Å². The fourth-order valence-corrected chi connectivity index (χ4v) is 2.87. The summed E-state index contributed by atoms with van der Waals surface area (Å²) in [4.78, 5) is 0. The normalized spacial score (nSPS) is 10.8. The van der Waals surface area contributed by atoms with Gasteiger partial charge in [0.2, 0.25) is 0 Å². The number of hydrogen-bond acceptors (Lipinski definition) is 0. The zero-order valence-electron chi connectivity index (χ0n) is 12.5. The Morgan fingerprint density at radius 3 is 1.68 bits per heavy atom. The van der Waals surface area contributed by atoms with E-state index in [0.29, 0.717) is 0 Å². The molecule has 0 aromatic heterocycles. The Labute approximate surface area is 128 Å². The highest BCUT2D eigenvalue weighted by atomic mass is 79.9. The van der Waals surface area contributed by atoms with E-state index in [2.05, 4.69) is 47.1 Å². The SMILES string of the molecule is CCCc1ccc(CCCCCCCCCBr)cc1. The first-order valence-electron chi connectivity index (χ1n) is 8.00. The Kier molecular flexibility index (Phi) is 10.2. The third-order valence-corrected chi connectivity index (χ3v) is 4.22. The van der Waals surface area contributed by atoms with E-state index in [-0.39, 0.29) is 0 Å². The number of hydrogen-bond donors (Lipinski definition) is 0. The Morgan fingerprint density at radius 2 is 1.16 bits per heavy atom. The van der Waals surface area contributed by atoms with E-state index in [0.717, 1.165) is 0 Å². The van der Waals surface area contributed by atoms with Crippen LogP contribution in [-0.2, 0) is 12.8 Å². The molecule has 0 saturated carbocycles. The fraction of sp³-hybridized carbons (Fsp3) is 0.667. The molecule has 0 amide bonds. The lowest BCUT2D eigenvalue weighted by Crippen LogP contribution is -1.88. The summed E-state index contributed by atoms with van der Waals surface area (Å²) in [5.41, 5.74) is 3.00. The van der Waals surface area contributed by atoms with Crippen molar-refractivity contribution in [2.45, 2.75) is 71.1 Å². The highest BCUT2D eigenvalue weighted by Crippen LogP contribution is 2.12. The average Bonchev–Trinajstić information content (AvgIpc) is 2.44. The minimum Gasteiger partial charge on any atom is -0.0928 e. The number of unbranched alkanes of at least 4 members (excludes halogenated alkanes) is 6. The highest BCUT2D eigenvalue weighted by Gasteiger charge is 1.96. The molecular weight excluding hydrogens is 296 g/mol. The van der Waals surface area contributed by atoms with Crippen LogP contribution in [0.5, 0.6) is 0 Å². The van der Waals surface area contributed by atoms with Crippen molar-refractivity contribution in [3.8, 4) is 0 Å². The largest absolute Gasteiger partial charge is 0.0928 e. The van der Waals surface area contributed by atoms with Crippen molar-refractivity contribution < 1.29 is 0 Å². The quantitative estimate of drug-likeness (QED) is 0.330. The van der Waals surface area contributed by atoms with Crippen molar-refractivity contribution in [2.24, 2.45) is 0 Å². The Morgan fingerprint density at radius 1 is 0.684 bits per heavy atom. The van der Waals surface area contributed by atoms with Crippen molar-refractivity contribution in [1.82, 2.24) is 0 Å². The van der Waals surface area contributed by atoms with Crippen LogP contribution in [0.3, 0.4) is 0 Å². The molecule has 108 valence electrons. The second-order valence-corrected chi connectivity index (χ2v) is 6.27. The number of aryl methyl sites for hydroxylation is 2. The first-order chi connectivity index (χ1) is 9.36. The summed E-state index contributed by atoms with van der Waals surface area (Å²) in [6, 6.07) is 9.25. The van der Waals surface area contributed by atoms with Crippen molar-refractivity contribution in [3.63, 3.8) is 0 Å². The molecular formula is C18H29Br. The van der Waals surface area contributed by atoms with Crippen LogP contribution in [0.1, 0.15) is 69.4 Å². The molecule has 0 unspecified atom stereocenters. The third-order valence-electron chi connectivity index (χ3n) is 3.66. The highest BCUT2D eigenvalue weighted by molar-refractivity contribution is 9.09. The molecule has 0 heterocycles. The fourth-order valence-electron chi connectivity index (χ4n) is 2.47. The van der Waals surface area contributed by atoms with Gasteiger partial charge >= 0.3 is 0 Å². The molecule has 1 heteroatoms. The summed E-state index contributed by atoms with van der Waals surface area (Å²) in [7, 11) is 0. The van der Waals surface area contributed by atoms with E-state index in [9.17, 15) is 0 Å². The number of alkyl halides is 1. The zero-order valence-corrected chi connectivity index (χ0v) is 14.1. The van der Waals surface area contributed by atoms with Crippen molar-refractivity contribution in [3.05, 3.63) is 35.4 Å². The van der Waals surface area contributed by atoms with Crippen LogP contribution in [-0.4, -0.2) is 5.33 Å². The summed E-state index contributed by atoms with van der Waals surface area (Å²) in [6.45, 7) is 2.24.